The molecule has 0 radical (unpaired) electrons. The second kappa shape index (κ2) is 4.42. The van der Waals surface area contributed by atoms with Crippen LogP contribution in [0.25, 0.3) is 0 Å². The average Bonchev–Trinajstić information content (AvgIpc) is 2.11. The summed E-state index contributed by atoms with van der Waals surface area (Å²) in [6.45, 7) is 2.00. The van der Waals surface area contributed by atoms with Crippen molar-refractivity contribution in [3.8, 4) is 5.75 Å². The van der Waals surface area contributed by atoms with Crippen LogP contribution in [0.15, 0.2) is 18.2 Å². The molecule has 76 valence electrons. The number of rotatable bonds is 2. The van der Waals surface area contributed by atoms with Crippen molar-refractivity contribution in [2.45, 2.75) is 13.3 Å². The van der Waals surface area contributed by atoms with E-state index in [-0.39, 0.29) is 0 Å². The maximum Gasteiger partial charge on any atom is 0.119 e. The van der Waals surface area contributed by atoms with E-state index in [0.717, 1.165) is 16.1 Å². The third-order valence-corrected chi connectivity index (χ3v) is 2.58. The molecule has 0 aliphatic rings. The summed E-state index contributed by atoms with van der Waals surface area (Å²) in [7, 11) is 3.82. The number of hydrogen-bond acceptors (Lipinski definition) is 2. The Hall–Kier alpha value is -1.09. The predicted octanol–water partition coefficient (Wildman–Crippen LogP) is 2.13. The molecular formula is C11H15NOS. The van der Waals surface area contributed by atoms with Gasteiger partial charge in [0.25, 0.3) is 0 Å². The highest BCUT2D eigenvalue weighted by atomic mass is 32.1. The molecule has 0 atom stereocenters. The fourth-order valence-electron chi connectivity index (χ4n) is 1.18. The summed E-state index contributed by atoms with van der Waals surface area (Å²) in [6.07, 6.45) is 0.621. The lowest BCUT2D eigenvalue weighted by molar-refractivity contribution is 0.469. The highest BCUT2D eigenvalue weighted by Gasteiger charge is 2.05. The maximum atomic E-state index is 9.59. The number of thiocarbonyl (C=S) groups is 1. The topological polar surface area (TPSA) is 23.5 Å². The minimum absolute atomic E-state index is 0.319. The second-order valence-corrected chi connectivity index (χ2v) is 4.07. The number of likely N-dealkylation sites (N-methyl/N-ethyl adjacent to an activating group) is 1. The van der Waals surface area contributed by atoms with Crippen LogP contribution in [0.1, 0.15) is 11.1 Å². The molecule has 0 bridgehead atoms. The summed E-state index contributed by atoms with van der Waals surface area (Å²) in [5, 5.41) is 9.59. The molecule has 1 N–H and O–H groups in total. The first-order valence-corrected chi connectivity index (χ1v) is 4.90. The van der Waals surface area contributed by atoms with E-state index in [2.05, 4.69) is 0 Å². The van der Waals surface area contributed by atoms with Gasteiger partial charge < -0.3 is 10.0 Å². The van der Waals surface area contributed by atoms with Crippen LogP contribution in [0.5, 0.6) is 5.75 Å². The minimum atomic E-state index is 0.319. The predicted molar refractivity (Wildman–Crippen MR) is 62.8 cm³/mol. The Balaban J connectivity index is 2.86. The van der Waals surface area contributed by atoms with E-state index < -0.39 is 0 Å². The van der Waals surface area contributed by atoms with Gasteiger partial charge in [0.2, 0.25) is 0 Å². The third kappa shape index (κ3) is 2.70. The number of aromatic hydroxyl groups is 1. The zero-order chi connectivity index (χ0) is 10.7. The molecule has 1 aromatic rings. The van der Waals surface area contributed by atoms with Crippen molar-refractivity contribution < 1.29 is 5.11 Å². The summed E-state index contributed by atoms with van der Waals surface area (Å²) in [4.78, 5) is 2.71. The Bertz CT molecular complexity index is 347. The SMILES string of the molecule is Cc1ccc(O)c(CC(=S)N(C)C)c1. The lowest BCUT2D eigenvalue weighted by Crippen LogP contribution is -2.21. The van der Waals surface area contributed by atoms with Crippen molar-refractivity contribution in [1.82, 2.24) is 4.90 Å². The lowest BCUT2D eigenvalue weighted by Gasteiger charge is -2.14. The van der Waals surface area contributed by atoms with Gasteiger partial charge in [0.15, 0.2) is 0 Å². The summed E-state index contributed by atoms with van der Waals surface area (Å²) >= 11 is 5.18. The third-order valence-electron chi connectivity index (χ3n) is 2.08. The summed E-state index contributed by atoms with van der Waals surface area (Å²) in [6, 6.07) is 5.56. The van der Waals surface area contributed by atoms with Crippen LogP contribution in [-0.4, -0.2) is 29.1 Å². The van der Waals surface area contributed by atoms with Gasteiger partial charge in [-0.25, -0.2) is 0 Å². The number of aryl methyl sites for hydroxylation is 1. The molecule has 2 nitrogen and oxygen atoms in total. The first-order valence-electron chi connectivity index (χ1n) is 4.49. The van der Waals surface area contributed by atoms with Crippen molar-refractivity contribution in [3.05, 3.63) is 29.3 Å². The van der Waals surface area contributed by atoms with E-state index in [0.29, 0.717) is 12.2 Å². The first kappa shape index (κ1) is 11.0. The van der Waals surface area contributed by atoms with Crippen LogP contribution >= 0.6 is 12.2 Å². The number of benzene rings is 1. The Morgan fingerprint density at radius 2 is 2.07 bits per heavy atom. The van der Waals surface area contributed by atoms with Crippen molar-refractivity contribution in [1.29, 1.82) is 0 Å². The Kier molecular flexibility index (Phi) is 3.47. The van der Waals surface area contributed by atoms with Crippen molar-refractivity contribution in [3.63, 3.8) is 0 Å². The highest BCUT2D eigenvalue weighted by Crippen LogP contribution is 2.19. The normalized spacial score (nSPS) is 9.93. The quantitative estimate of drug-likeness (QED) is 0.755. The highest BCUT2D eigenvalue weighted by molar-refractivity contribution is 7.80. The molecule has 0 aromatic heterocycles. The van der Waals surface area contributed by atoms with Crippen LogP contribution in [0.3, 0.4) is 0 Å². The molecule has 0 fully saturated rings. The molecule has 0 saturated heterocycles. The van der Waals surface area contributed by atoms with Gasteiger partial charge in [0.05, 0.1) is 4.99 Å². The lowest BCUT2D eigenvalue weighted by atomic mass is 10.1. The van der Waals surface area contributed by atoms with Gasteiger partial charge in [-0.1, -0.05) is 29.9 Å². The van der Waals surface area contributed by atoms with Crippen LogP contribution in [0.4, 0.5) is 0 Å². The van der Waals surface area contributed by atoms with Crippen molar-refractivity contribution >= 4 is 17.2 Å². The van der Waals surface area contributed by atoms with Gasteiger partial charge in [0, 0.05) is 26.1 Å². The molecule has 14 heavy (non-hydrogen) atoms. The second-order valence-electron chi connectivity index (χ2n) is 3.60. The maximum absolute atomic E-state index is 9.59. The number of nitrogens with zero attached hydrogens (tertiary/aromatic N) is 1. The summed E-state index contributed by atoms with van der Waals surface area (Å²) in [5.74, 6) is 0.319. The Morgan fingerprint density at radius 1 is 1.43 bits per heavy atom. The van der Waals surface area contributed by atoms with Crippen LogP contribution in [0, 0.1) is 6.92 Å². The summed E-state index contributed by atoms with van der Waals surface area (Å²) in [5.41, 5.74) is 2.03. The molecule has 1 aromatic carbocycles. The molecule has 0 amide bonds. The standard InChI is InChI=1S/C11H15NOS/c1-8-4-5-10(13)9(6-8)7-11(14)12(2)3/h4-6,13H,7H2,1-3H3. The molecule has 0 spiro atoms. The number of phenols is 1. The molecular weight excluding hydrogens is 194 g/mol. The van der Waals surface area contributed by atoms with Gasteiger partial charge in [-0.05, 0) is 13.0 Å². The van der Waals surface area contributed by atoms with Gasteiger partial charge >= 0.3 is 0 Å². The largest absolute Gasteiger partial charge is 0.508 e. The molecule has 1 rings (SSSR count). The fourth-order valence-corrected chi connectivity index (χ4v) is 1.33. The van der Waals surface area contributed by atoms with E-state index >= 15 is 0 Å². The Labute approximate surface area is 90.2 Å². The molecule has 0 heterocycles. The van der Waals surface area contributed by atoms with Crippen LogP contribution in [-0.2, 0) is 6.42 Å². The van der Waals surface area contributed by atoms with Crippen molar-refractivity contribution in [2.24, 2.45) is 0 Å². The molecule has 0 unspecified atom stereocenters. The smallest absolute Gasteiger partial charge is 0.119 e. The molecule has 0 saturated carbocycles. The van der Waals surface area contributed by atoms with Crippen LogP contribution in [0.2, 0.25) is 0 Å². The zero-order valence-electron chi connectivity index (χ0n) is 8.74. The van der Waals surface area contributed by atoms with E-state index in [1.165, 1.54) is 0 Å². The average molecular weight is 209 g/mol. The number of phenolic OH excluding ortho intramolecular Hbond substituents is 1. The van der Waals surface area contributed by atoms with Gasteiger partial charge in [-0.15, -0.1) is 0 Å². The van der Waals surface area contributed by atoms with Crippen LogP contribution < -0.4 is 0 Å². The van der Waals surface area contributed by atoms with Gasteiger partial charge in [-0.2, -0.15) is 0 Å². The molecule has 0 aliphatic carbocycles. The number of hydrogen-bond donors (Lipinski definition) is 1. The van der Waals surface area contributed by atoms with E-state index in [9.17, 15) is 5.11 Å². The van der Waals surface area contributed by atoms with E-state index in [4.69, 9.17) is 12.2 Å². The minimum Gasteiger partial charge on any atom is -0.508 e. The van der Waals surface area contributed by atoms with Gasteiger partial charge in [0.1, 0.15) is 5.75 Å². The fraction of sp³-hybridized carbons (Fsp3) is 0.364. The monoisotopic (exact) mass is 209 g/mol. The molecule has 0 aliphatic heterocycles. The van der Waals surface area contributed by atoms with E-state index in [1.807, 2.05) is 38.1 Å². The zero-order valence-corrected chi connectivity index (χ0v) is 9.56. The Morgan fingerprint density at radius 3 is 2.64 bits per heavy atom. The van der Waals surface area contributed by atoms with Gasteiger partial charge in [-0.3, -0.25) is 0 Å². The molecule has 3 heteroatoms. The van der Waals surface area contributed by atoms with Crippen molar-refractivity contribution in [2.75, 3.05) is 14.1 Å². The first-order chi connectivity index (χ1) is 6.50. The summed E-state index contributed by atoms with van der Waals surface area (Å²) < 4.78 is 0. The van der Waals surface area contributed by atoms with E-state index in [1.54, 1.807) is 6.07 Å².